The molecule has 1 aliphatic rings. The first-order valence-electron chi connectivity index (χ1n) is 8.23. The van der Waals surface area contributed by atoms with Crippen LogP contribution in [0.25, 0.3) is 22.2 Å². The molecule has 5 rings (SSSR count). The lowest BCUT2D eigenvalue weighted by atomic mass is 10.1. The van der Waals surface area contributed by atoms with Crippen LogP contribution in [0.5, 0.6) is 5.75 Å². The lowest BCUT2D eigenvalue weighted by Gasteiger charge is -2.30. The average Bonchev–Trinajstić information content (AvgIpc) is 3.01. The number of hydrogen-bond acceptors (Lipinski definition) is 1. The molecule has 0 N–H and O–H groups in total. The lowest BCUT2D eigenvalue weighted by molar-refractivity contribution is 0.168. The third kappa shape index (κ3) is 2.70. The Kier molecular flexibility index (Phi) is 3.88. The molecule has 0 fully saturated rings. The fourth-order valence-electron chi connectivity index (χ4n) is 3.55. The van der Waals surface area contributed by atoms with Crippen LogP contribution >= 0.6 is 31.9 Å². The van der Waals surface area contributed by atoms with Gasteiger partial charge in [0.25, 0.3) is 0 Å². The number of ether oxygens (including phenoxy) is 1. The van der Waals surface area contributed by atoms with Gasteiger partial charge < -0.3 is 9.30 Å². The Bertz CT molecular complexity index is 1220. The molecule has 1 aromatic heterocycles. The van der Waals surface area contributed by atoms with E-state index >= 15 is 0 Å². The van der Waals surface area contributed by atoms with Crippen molar-refractivity contribution in [2.45, 2.75) is 6.23 Å². The SMILES string of the molecule is Fc1ccc(F)c([C@@H]2Oc3cc(Br)ccc3-c3cc4cc(Br)ccc4n32)c1. The summed E-state index contributed by atoms with van der Waals surface area (Å²) in [4.78, 5) is 0. The summed E-state index contributed by atoms with van der Waals surface area (Å²) in [5.41, 5.74) is 2.84. The number of rotatable bonds is 1. The predicted molar refractivity (Wildman–Crippen MR) is 108 cm³/mol. The van der Waals surface area contributed by atoms with Crippen LogP contribution in [0.2, 0.25) is 0 Å². The third-order valence-electron chi connectivity index (χ3n) is 4.72. The van der Waals surface area contributed by atoms with Gasteiger partial charge in [-0.25, -0.2) is 8.78 Å². The van der Waals surface area contributed by atoms with E-state index in [4.69, 9.17) is 4.74 Å². The van der Waals surface area contributed by atoms with E-state index in [2.05, 4.69) is 31.9 Å². The van der Waals surface area contributed by atoms with E-state index in [9.17, 15) is 8.78 Å². The quantitative estimate of drug-likeness (QED) is 0.279. The molecular weight excluding hydrogens is 480 g/mol. The van der Waals surface area contributed by atoms with Crippen molar-refractivity contribution in [2.24, 2.45) is 0 Å². The summed E-state index contributed by atoms with van der Waals surface area (Å²) in [5, 5.41) is 0.987. The number of fused-ring (bicyclic) bond motifs is 5. The second-order valence-corrected chi connectivity index (χ2v) is 8.21. The molecule has 0 spiro atoms. The van der Waals surface area contributed by atoms with Crippen LogP contribution < -0.4 is 4.74 Å². The molecule has 0 amide bonds. The maximum Gasteiger partial charge on any atom is 0.206 e. The number of nitrogens with zero attached hydrogens (tertiary/aromatic N) is 1. The first kappa shape index (κ1) is 17.0. The maximum atomic E-state index is 14.6. The van der Waals surface area contributed by atoms with Crippen molar-refractivity contribution in [1.82, 2.24) is 4.57 Å². The molecule has 4 aromatic rings. The highest BCUT2D eigenvalue weighted by atomic mass is 79.9. The Balaban J connectivity index is 1.85. The number of benzene rings is 3. The van der Waals surface area contributed by atoms with Gasteiger partial charge in [-0.05, 0) is 60.7 Å². The molecule has 0 bridgehead atoms. The topological polar surface area (TPSA) is 14.2 Å². The molecule has 6 heteroatoms. The van der Waals surface area contributed by atoms with Crippen molar-refractivity contribution in [1.29, 1.82) is 0 Å². The molecule has 1 atom stereocenters. The highest BCUT2D eigenvalue weighted by molar-refractivity contribution is 9.10. The van der Waals surface area contributed by atoms with Gasteiger partial charge >= 0.3 is 0 Å². The lowest BCUT2D eigenvalue weighted by Crippen LogP contribution is -2.23. The van der Waals surface area contributed by atoms with Gasteiger partial charge in [0.2, 0.25) is 6.23 Å². The van der Waals surface area contributed by atoms with Crippen LogP contribution in [0.4, 0.5) is 8.78 Å². The zero-order valence-corrected chi connectivity index (χ0v) is 16.9. The largest absolute Gasteiger partial charge is 0.465 e. The van der Waals surface area contributed by atoms with Gasteiger partial charge in [-0.1, -0.05) is 31.9 Å². The fraction of sp³-hybridized carbons (Fsp3) is 0.0476. The molecule has 0 saturated heterocycles. The highest BCUT2D eigenvalue weighted by Gasteiger charge is 2.31. The molecule has 3 aromatic carbocycles. The summed E-state index contributed by atoms with van der Waals surface area (Å²) >= 11 is 6.94. The number of hydrogen-bond donors (Lipinski definition) is 0. The van der Waals surface area contributed by atoms with Gasteiger partial charge in [0.15, 0.2) is 0 Å². The highest BCUT2D eigenvalue weighted by Crippen LogP contribution is 2.45. The molecular formula is C21H11Br2F2NO. The summed E-state index contributed by atoms with van der Waals surface area (Å²) in [6, 6.07) is 17.1. The normalized spacial score (nSPS) is 15.3. The van der Waals surface area contributed by atoms with E-state index in [1.807, 2.05) is 47.0 Å². The number of halogens is 4. The zero-order chi connectivity index (χ0) is 18.7. The summed E-state index contributed by atoms with van der Waals surface area (Å²) in [6.07, 6.45) is -0.809. The van der Waals surface area contributed by atoms with E-state index < -0.39 is 17.9 Å². The molecule has 1 aliphatic heterocycles. The minimum absolute atomic E-state index is 0.155. The molecule has 134 valence electrons. The average molecular weight is 491 g/mol. The number of aromatic nitrogens is 1. The van der Waals surface area contributed by atoms with Crippen molar-refractivity contribution >= 4 is 42.8 Å². The molecule has 0 aliphatic carbocycles. The first-order chi connectivity index (χ1) is 13.0. The Labute approximate surface area is 170 Å². The molecule has 2 heterocycles. The standard InChI is InChI=1S/C21H11Br2F2NO/c22-12-2-6-18-11(7-12)8-19-15-4-1-13(23)9-20(15)27-21(26(18)19)16-10-14(24)3-5-17(16)25/h1-10,21H/t21-/m0/s1. The monoisotopic (exact) mass is 489 g/mol. The van der Waals surface area contributed by atoms with Crippen LogP contribution in [0.15, 0.2) is 69.6 Å². The van der Waals surface area contributed by atoms with Crippen LogP contribution in [-0.2, 0) is 0 Å². The van der Waals surface area contributed by atoms with Crippen molar-refractivity contribution in [3.8, 4) is 17.0 Å². The summed E-state index contributed by atoms with van der Waals surface area (Å²) in [6.45, 7) is 0. The van der Waals surface area contributed by atoms with Crippen LogP contribution in [0.1, 0.15) is 11.8 Å². The van der Waals surface area contributed by atoms with Gasteiger partial charge in [-0.15, -0.1) is 0 Å². The van der Waals surface area contributed by atoms with E-state index in [-0.39, 0.29) is 5.56 Å². The van der Waals surface area contributed by atoms with E-state index in [0.29, 0.717) is 5.75 Å². The Morgan fingerprint density at radius 1 is 0.852 bits per heavy atom. The molecule has 0 unspecified atom stereocenters. The van der Waals surface area contributed by atoms with E-state index in [1.165, 1.54) is 6.07 Å². The van der Waals surface area contributed by atoms with Gasteiger partial charge in [0.05, 0.1) is 16.8 Å². The fourth-order valence-corrected chi connectivity index (χ4v) is 4.27. The van der Waals surface area contributed by atoms with Crippen molar-refractivity contribution < 1.29 is 13.5 Å². The van der Waals surface area contributed by atoms with Crippen molar-refractivity contribution in [3.63, 3.8) is 0 Å². The molecule has 2 nitrogen and oxygen atoms in total. The predicted octanol–water partition coefficient (Wildman–Crippen LogP) is 7.05. The zero-order valence-electron chi connectivity index (χ0n) is 13.7. The molecule has 27 heavy (non-hydrogen) atoms. The first-order valence-corrected chi connectivity index (χ1v) is 9.82. The summed E-state index contributed by atoms with van der Waals surface area (Å²) in [5.74, 6) is -0.395. The Morgan fingerprint density at radius 2 is 1.63 bits per heavy atom. The Morgan fingerprint density at radius 3 is 2.48 bits per heavy atom. The van der Waals surface area contributed by atoms with Crippen LogP contribution in [0, 0.1) is 11.6 Å². The molecule has 0 saturated carbocycles. The minimum atomic E-state index is -0.809. The van der Waals surface area contributed by atoms with Gasteiger partial charge in [0.1, 0.15) is 17.4 Å². The summed E-state index contributed by atoms with van der Waals surface area (Å²) in [7, 11) is 0. The van der Waals surface area contributed by atoms with Crippen LogP contribution in [-0.4, -0.2) is 4.57 Å². The third-order valence-corrected chi connectivity index (χ3v) is 5.70. The second-order valence-electron chi connectivity index (χ2n) is 6.38. The minimum Gasteiger partial charge on any atom is -0.465 e. The maximum absolute atomic E-state index is 14.6. The van der Waals surface area contributed by atoms with Crippen molar-refractivity contribution in [3.05, 3.63) is 86.8 Å². The van der Waals surface area contributed by atoms with Crippen molar-refractivity contribution in [2.75, 3.05) is 0 Å². The summed E-state index contributed by atoms with van der Waals surface area (Å²) < 4.78 is 38.4. The van der Waals surface area contributed by atoms with Gasteiger partial charge in [0, 0.05) is 19.9 Å². The van der Waals surface area contributed by atoms with Gasteiger partial charge in [-0.3, -0.25) is 0 Å². The van der Waals surface area contributed by atoms with E-state index in [1.54, 1.807) is 0 Å². The van der Waals surface area contributed by atoms with E-state index in [0.717, 1.165) is 43.2 Å². The molecule has 0 radical (unpaired) electrons. The van der Waals surface area contributed by atoms with Crippen LogP contribution in [0.3, 0.4) is 0 Å². The van der Waals surface area contributed by atoms with Gasteiger partial charge in [-0.2, -0.15) is 0 Å². The second kappa shape index (κ2) is 6.17. The Hall–Kier alpha value is -2.18. The smallest absolute Gasteiger partial charge is 0.206 e.